The Labute approximate surface area is 152 Å². The molecule has 9 heteroatoms. The smallest absolute Gasteiger partial charge is 0.372 e. The van der Waals surface area contributed by atoms with Gasteiger partial charge in [-0.15, -0.1) is 11.3 Å². The Balaban J connectivity index is 2.28. The number of aromatic nitrogens is 1. The third-order valence-corrected chi connectivity index (χ3v) is 4.67. The highest BCUT2D eigenvalue weighted by Gasteiger charge is 2.31. The summed E-state index contributed by atoms with van der Waals surface area (Å²) in [7, 11) is 1.77. The Morgan fingerprint density at radius 2 is 2.04 bits per heavy atom. The van der Waals surface area contributed by atoms with Gasteiger partial charge in [0.2, 0.25) is 0 Å². The third-order valence-electron chi connectivity index (χ3n) is 3.51. The number of carbonyl (C=O) groups excluding carboxylic acids is 1. The molecule has 0 spiro atoms. The van der Waals surface area contributed by atoms with E-state index in [9.17, 15) is 18.0 Å². The van der Waals surface area contributed by atoms with Crippen LogP contribution in [0.1, 0.15) is 19.4 Å². The first kappa shape index (κ1) is 19.5. The molecule has 1 heterocycles. The van der Waals surface area contributed by atoms with Crippen molar-refractivity contribution in [3.8, 4) is 0 Å². The van der Waals surface area contributed by atoms with Gasteiger partial charge in [-0.25, -0.2) is 0 Å². The number of amides is 1. The number of anilines is 1. The van der Waals surface area contributed by atoms with E-state index in [0.29, 0.717) is 4.80 Å². The number of hydrogen-bond donors (Lipinski definition) is 1. The molecule has 0 saturated heterocycles. The second-order valence-electron chi connectivity index (χ2n) is 5.80. The fourth-order valence-corrected chi connectivity index (χ4v) is 3.06. The molecule has 0 radical (unpaired) electrons. The van der Waals surface area contributed by atoms with Gasteiger partial charge < -0.3 is 9.88 Å². The van der Waals surface area contributed by atoms with Gasteiger partial charge in [-0.2, -0.15) is 18.2 Å². The molecule has 1 atom stereocenters. The maximum Gasteiger partial charge on any atom is 0.416 e. The van der Waals surface area contributed by atoms with Gasteiger partial charge in [0.25, 0.3) is 5.91 Å². The summed E-state index contributed by atoms with van der Waals surface area (Å²) < 4.78 is 39.9. The summed E-state index contributed by atoms with van der Waals surface area (Å²) in [4.78, 5) is 17.1. The largest absolute Gasteiger partial charge is 0.416 e. The highest BCUT2D eigenvalue weighted by atomic mass is 35.5. The van der Waals surface area contributed by atoms with Crippen LogP contribution in [0.25, 0.3) is 0 Å². The second-order valence-corrected chi connectivity index (χ2v) is 7.09. The van der Waals surface area contributed by atoms with E-state index in [4.69, 9.17) is 11.6 Å². The summed E-state index contributed by atoms with van der Waals surface area (Å²) in [5.41, 5.74) is -0.585. The fraction of sp³-hybridized carbons (Fsp3) is 0.375. The van der Waals surface area contributed by atoms with E-state index in [1.54, 1.807) is 23.2 Å². The van der Waals surface area contributed by atoms with Crippen LogP contribution in [0.5, 0.6) is 0 Å². The topological polar surface area (TPSA) is 46.4 Å². The predicted molar refractivity (Wildman–Crippen MR) is 92.6 cm³/mol. The van der Waals surface area contributed by atoms with Gasteiger partial charge >= 0.3 is 6.18 Å². The summed E-state index contributed by atoms with van der Waals surface area (Å²) in [5.74, 6) is -0.552. The number of benzene rings is 1. The molecule has 1 aromatic carbocycles. The zero-order valence-electron chi connectivity index (χ0n) is 13.8. The van der Waals surface area contributed by atoms with Gasteiger partial charge in [0.1, 0.15) is 6.04 Å². The minimum absolute atomic E-state index is 0.102. The molecule has 0 aliphatic heterocycles. The van der Waals surface area contributed by atoms with Crippen LogP contribution >= 0.6 is 22.9 Å². The van der Waals surface area contributed by atoms with Gasteiger partial charge in [-0.05, 0) is 24.1 Å². The van der Waals surface area contributed by atoms with Gasteiger partial charge in [-0.1, -0.05) is 25.4 Å². The minimum atomic E-state index is -4.47. The first-order valence-electron chi connectivity index (χ1n) is 7.41. The van der Waals surface area contributed by atoms with E-state index in [1.807, 2.05) is 13.8 Å². The molecule has 1 N–H and O–H groups in total. The number of nitrogens with one attached hydrogen (secondary N) is 1. The van der Waals surface area contributed by atoms with Crippen molar-refractivity contribution in [3.63, 3.8) is 0 Å². The fourth-order valence-electron chi connectivity index (χ4n) is 2.09. The molecule has 2 rings (SSSR count). The predicted octanol–water partition coefficient (Wildman–Crippen LogP) is 4.32. The Kier molecular flexibility index (Phi) is 5.95. The van der Waals surface area contributed by atoms with Crippen molar-refractivity contribution >= 4 is 34.5 Å². The Bertz CT molecular complexity index is 827. The highest BCUT2D eigenvalue weighted by Crippen LogP contribution is 2.34. The molecule has 0 bridgehead atoms. The van der Waals surface area contributed by atoms with Gasteiger partial charge in [-0.3, -0.25) is 4.79 Å². The highest BCUT2D eigenvalue weighted by molar-refractivity contribution is 7.07. The standard InChI is InChI=1S/C16H17ClF3N3OS/c1-9(2)13(14(24)22-15-23(3)6-7-25-15)21-12-5-4-10(8-11(12)17)16(18,19)20/h4-9,13,21H,1-3H3/t13-/m1/s1. The number of aryl methyl sites for hydroxylation is 1. The lowest BCUT2D eigenvalue weighted by atomic mass is 10.0. The molecular formula is C16H17ClF3N3OS. The molecule has 0 fully saturated rings. The number of thiazole rings is 1. The Hall–Kier alpha value is -1.80. The lowest BCUT2D eigenvalue weighted by Crippen LogP contribution is -2.35. The summed E-state index contributed by atoms with van der Waals surface area (Å²) in [6.45, 7) is 3.63. The van der Waals surface area contributed by atoms with E-state index >= 15 is 0 Å². The van der Waals surface area contributed by atoms with Crippen molar-refractivity contribution in [1.29, 1.82) is 0 Å². The summed E-state index contributed by atoms with van der Waals surface area (Å²) in [6.07, 6.45) is -2.69. The third kappa shape index (κ3) is 4.85. The zero-order valence-corrected chi connectivity index (χ0v) is 15.3. The number of halogens is 4. The van der Waals surface area contributed by atoms with Crippen molar-refractivity contribution in [1.82, 2.24) is 4.57 Å². The van der Waals surface area contributed by atoms with E-state index < -0.39 is 23.7 Å². The number of alkyl halides is 3. The average Bonchev–Trinajstić information content (AvgIpc) is 2.89. The quantitative estimate of drug-likeness (QED) is 0.843. The maximum atomic E-state index is 12.7. The number of rotatable bonds is 4. The van der Waals surface area contributed by atoms with Crippen molar-refractivity contribution in [2.24, 2.45) is 18.0 Å². The van der Waals surface area contributed by atoms with E-state index in [-0.39, 0.29) is 16.6 Å². The Morgan fingerprint density at radius 1 is 1.36 bits per heavy atom. The first-order valence-corrected chi connectivity index (χ1v) is 8.67. The lowest BCUT2D eigenvalue weighted by molar-refractivity contribution is -0.137. The van der Waals surface area contributed by atoms with Crippen LogP contribution in [0.2, 0.25) is 5.02 Å². The van der Waals surface area contributed by atoms with Crippen LogP contribution in [-0.4, -0.2) is 16.5 Å². The van der Waals surface area contributed by atoms with Crippen molar-refractivity contribution in [2.75, 3.05) is 5.32 Å². The SMILES string of the molecule is CC(C)[C@@H](Nc1ccc(C(F)(F)F)cc1Cl)C(=O)N=c1sccn1C. The van der Waals surface area contributed by atoms with Crippen LogP contribution in [0.15, 0.2) is 34.8 Å². The lowest BCUT2D eigenvalue weighted by Gasteiger charge is -2.21. The zero-order chi connectivity index (χ0) is 18.8. The minimum Gasteiger partial charge on any atom is -0.372 e. The molecule has 0 aliphatic rings. The number of nitrogens with zero attached hydrogens (tertiary/aromatic N) is 2. The molecule has 0 unspecified atom stereocenters. The van der Waals surface area contributed by atoms with Crippen LogP contribution in [0.3, 0.4) is 0 Å². The molecule has 25 heavy (non-hydrogen) atoms. The van der Waals surface area contributed by atoms with Crippen LogP contribution in [0.4, 0.5) is 18.9 Å². The van der Waals surface area contributed by atoms with Gasteiger partial charge in [0, 0.05) is 18.6 Å². The monoisotopic (exact) mass is 391 g/mol. The molecule has 4 nitrogen and oxygen atoms in total. The van der Waals surface area contributed by atoms with Crippen molar-refractivity contribution in [2.45, 2.75) is 26.1 Å². The van der Waals surface area contributed by atoms with Crippen LogP contribution < -0.4 is 10.1 Å². The van der Waals surface area contributed by atoms with E-state index in [1.165, 1.54) is 17.4 Å². The summed E-state index contributed by atoms with van der Waals surface area (Å²) in [6, 6.07) is 2.27. The number of carbonyl (C=O) groups is 1. The van der Waals surface area contributed by atoms with E-state index in [2.05, 4.69) is 10.3 Å². The van der Waals surface area contributed by atoms with Crippen molar-refractivity contribution in [3.05, 3.63) is 45.2 Å². The summed E-state index contributed by atoms with van der Waals surface area (Å²) >= 11 is 7.27. The molecule has 136 valence electrons. The normalized spacial score (nSPS) is 14.0. The molecule has 1 amide bonds. The van der Waals surface area contributed by atoms with Gasteiger partial charge in [0.15, 0.2) is 4.80 Å². The average molecular weight is 392 g/mol. The molecule has 0 saturated carbocycles. The molecule has 1 aromatic heterocycles. The van der Waals surface area contributed by atoms with Crippen molar-refractivity contribution < 1.29 is 18.0 Å². The molecule has 0 aliphatic carbocycles. The van der Waals surface area contributed by atoms with Crippen LogP contribution in [-0.2, 0) is 18.0 Å². The number of hydrogen-bond acceptors (Lipinski definition) is 3. The van der Waals surface area contributed by atoms with Crippen LogP contribution in [0, 0.1) is 5.92 Å². The molecule has 2 aromatic rings. The molecular weight excluding hydrogens is 375 g/mol. The first-order chi connectivity index (χ1) is 11.6. The summed E-state index contributed by atoms with van der Waals surface area (Å²) in [5, 5.41) is 4.61. The second kappa shape index (κ2) is 7.61. The maximum absolute atomic E-state index is 12.7. The van der Waals surface area contributed by atoms with Gasteiger partial charge in [0.05, 0.1) is 16.3 Å². The van der Waals surface area contributed by atoms with E-state index in [0.717, 1.165) is 12.1 Å². The Morgan fingerprint density at radius 3 is 2.52 bits per heavy atom.